The lowest BCUT2D eigenvalue weighted by atomic mass is 10.2. The predicted molar refractivity (Wildman–Crippen MR) is 55.5 cm³/mol. The van der Waals surface area contributed by atoms with Crippen molar-refractivity contribution in [1.82, 2.24) is 0 Å². The molecular weight excluding hydrogens is 160 g/mol. The van der Waals surface area contributed by atoms with Crippen molar-refractivity contribution in [2.24, 2.45) is 0 Å². The summed E-state index contributed by atoms with van der Waals surface area (Å²) in [4.78, 5) is 0. The Kier molecular flexibility index (Phi) is 4.77. The fraction of sp³-hybridized carbons (Fsp3) is 0.333. The number of benzene rings is 1. The van der Waals surface area contributed by atoms with Gasteiger partial charge in [0.2, 0.25) is 0 Å². The summed E-state index contributed by atoms with van der Waals surface area (Å²) >= 11 is 0. The molecule has 0 saturated carbocycles. The van der Waals surface area contributed by atoms with Crippen LogP contribution < -0.4 is 0 Å². The van der Waals surface area contributed by atoms with E-state index in [1.54, 1.807) is 6.26 Å². The van der Waals surface area contributed by atoms with E-state index in [-0.39, 0.29) is 0 Å². The van der Waals surface area contributed by atoms with Gasteiger partial charge < -0.3 is 4.74 Å². The van der Waals surface area contributed by atoms with E-state index in [9.17, 15) is 0 Å². The molecule has 1 aliphatic heterocycles. The van der Waals surface area contributed by atoms with Crippen LogP contribution in [0.2, 0.25) is 0 Å². The van der Waals surface area contributed by atoms with Crippen LogP contribution in [-0.4, -0.2) is 6.61 Å². The summed E-state index contributed by atoms with van der Waals surface area (Å²) < 4.78 is 4.89. The second-order valence-corrected chi connectivity index (χ2v) is 3.04. The zero-order chi connectivity index (χ0) is 9.36. The van der Waals surface area contributed by atoms with Gasteiger partial charge in [-0.05, 0) is 25.8 Å². The molecule has 13 heavy (non-hydrogen) atoms. The van der Waals surface area contributed by atoms with E-state index in [1.807, 2.05) is 24.3 Å². The minimum atomic E-state index is 0.913. The van der Waals surface area contributed by atoms with Crippen molar-refractivity contribution in [2.45, 2.75) is 19.8 Å². The molecule has 1 aliphatic rings. The standard InChI is InChI=1S/C7H8.C5H8O/c1-7-5-3-2-4-6-7;1-2-4-6-5-3-1/h2-6H,1H3;2,4H,1,3,5H2. The molecular formula is C12H16O. The normalized spacial score (nSPS) is 13.9. The summed E-state index contributed by atoms with van der Waals surface area (Å²) in [6.45, 7) is 3.00. The van der Waals surface area contributed by atoms with Crippen LogP contribution in [0.4, 0.5) is 0 Å². The topological polar surface area (TPSA) is 9.23 Å². The Hall–Kier alpha value is -1.24. The van der Waals surface area contributed by atoms with Crippen LogP contribution in [0, 0.1) is 6.92 Å². The van der Waals surface area contributed by atoms with Gasteiger partial charge in [0.15, 0.2) is 0 Å². The molecule has 1 aromatic carbocycles. The SMILES string of the molecule is C1=COCCC1.Cc1ccccc1. The average Bonchev–Trinajstić information content (AvgIpc) is 2.22. The lowest BCUT2D eigenvalue weighted by Gasteiger charge is -2.01. The van der Waals surface area contributed by atoms with Gasteiger partial charge in [0.25, 0.3) is 0 Å². The highest BCUT2D eigenvalue weighted by Crippen LogP contribution is 1.97. The summed E-state index contributed by atoms with van der Waals surface area (Å²) in [5.41, 5.74) is 1.32. The third-order valence-electron chi connectivity index (χ3n) is 1.77. The maximum atomic E-state index is 4.89. The molecule has 0 aliphatic carbocycles. The highest BCUT2D eigenvalue weighted by Gasteiger charge is 1.86. The largest absolute Gasteiger partial charge is 0.502 e. The average molecular weight is 176 g/mol. The number of hydrogen-bond donors (Lipinski definition) is 0. The highest BCUT2D eigenvalue weighted by atomic mass is 16.5. The molecule has 1 heteroatoms. The summed E-state index contributed by atoms with van der Waals surface area (Å²) in [5, 5.41) is 0. The summed E-state index contributed by atoms with van der Waals surface area (Å²) in [5.74, 6) is 0. The van der Waals surface area contributed by atoms with Crippen LogP contribution in [0.1, 0.15) is 18.4 Å². The van der Waals surface area contributed by atoms with E-state index in [2.05, 4.69) is 19.1 Å². The van der Waals surface area contributed by atoms with Crippen LogP contribution in [0.5, 0.6) is 0 Å². The molecule has 1 heterocycles. The molecule has 0 N–H and O–H groups in total. The number of ether oxygens (including phenoxy) is 1. The molecule has 1 nitrogen and oxygen atoms in total. The van der Waals surface area contributed by atoms with Crippen LogP contribution in [0.3, 0.4) is 0 Å². The Morgan fingerprint density at radius 3 is 2.15 bits per heavy atom. The second kappa shape index (κ2) is 6.30. The molecule has 1 aromatic rings. The minimum absolute atomic E-state index is 0.913. The van der Waals surface area contributed by atoms with Crippen LogP contribution in [-0.2, 0) is 4.74 Å². The summed E-state index contributed by atoms with van der Waals surface area (Å²) in [7, 11) is 0. The molecule has 0 fully saturated rings. The molecule has 0 radical (unpaired) electrons. The van der Waals surface area contributed by atoms with Crippen molar-refractivity contribution in [2.75, 3.05) is 6.61 Å². The second-order valence-electron chi connectivity index (χ2n) is 3.04. The zero-order valence-electron chi connectivity index (χ0n) is 8.07. The Morgan fingerprint density at radius 2 is 1.92 bits per heavy atom. The first kappa shape index (κ1) is 9.85. The summed E-state index contributed by atoms with van der Waals surface area (Å²) in [6, 6.07) is 10.3. The van der Waals surface area contributed by atoms with Crippen molar-refractivity contribution >= 4 is 0 Å². The molecule has 0 spiro atoms. The van der Waals surface area contributed by atoms with Crippen LogP contribution >= 0.6 is 0 Å². The molecule has 0 unspecified atom stereocenters. The Bertz CT molecular complexity index is 231. The molecule has 0 aromatic heterocycles. The number of aryl methyl sites for hydroxylation is 1. The zero-order valence-corrected chi connectivity index (χ0v) is 8.07. The van der Waals surface area contributed by atoms with Crippen LogP contribution in [0.15, 0.2) is 42.7 Å². The smallest absolute Gasteiger partial charge is 0.0876 e. The van der Waals surface area contributed by atoms with Gasteiger partial charge in [-0.25, -0.2) is 0 Å². The van der Waals surface area contributed by atoms with Gasteiger partial charge in [-0.1, -0.05) is 35.9 Å². The molecule has 2 rings (SSSR count). The van der Waals surface area contributed by atoms with Gasteiger partial charge in [-0.2, -0.15) is 0 Å². The van der Waals surface area contributed by atoms with E-state index in [4.69, 9.17) is 4.74 Å². The minimum Gasteiger partial charge on any atom is -0.502 e. The first-order chi connectivity index (χ1) is 6.39. The van der Waals surface area contributed by atoms with Crippen molar-refractivity contribution in [3.05, 3.63) is 48.2 Å². The van der Waals surface area contributed by atoms with Crippen molar-refractivity contribution < 1.29 is 4.74 Å². The van der Waals surface area contributed by atoms with Crippen LogP contribution in [0.25, 0.3) is 0 Å². The number of hydrogen-bond acceptors (Lipinski definition) is 1. The van der Waals surface area contributed by atoms with Crippen molar-refractivity contribution in [3.8, 4) is 0 Å². The van der Waals surface area contributed by atoms with Gasteiger partial charge in [-0.15, -0.1) is 0 Å². The lowest BCUT2D eigenvalue weighted by molar-refractivity contribution is 0.231. The van der Waals surface area contributed by atoms with E-state index in [1.165, 1.54) is 18.4 Å². The third kappa shape index (κ3) is 5.07. The predicted octanol–water partition coefficient (Wildman–Crippen LogP) is 3.31. The van der Waals surface area contributed by atoms with Gasteiger partial charge >= 0.3 is 0 Å². The molecule has 0 amide bonds. The van der Waals surface area contributed by atoms with E-state index in [0.29, 0.717) is 0 Å². The van der Waals surface area contributed by atoms with E-state index in [0.717, 1.165) is 6.61 Å². The van der Waals surface area contributed by atoms with Gasteiger partial charge in [0.1, 0.15) is 0 Å². The van der Waals surface area contributed by atoms with Gasteiger partial charge in [0, 0.05) is 0 Å². The lowest BCUT2D eigenvalue weighted by Crippen LogP contribution is -1.90. The van der Waals surface area contributed by atoms with Gasteiger partial charge in [0.05, 0.1) is 12.9 Å². The molecule has 0 atom stereocenters. The first-order valence-electron chi connectivity index (χ1n) is 4.68. The van der Waals surface area contributed by atoms with Crippen molar-refractivity contribution in [3.63, 3.8) is 0 Å². The maximum Gasteiger partial charge on any atom is 0.0876 e. The Labute approximate surface area is 80.0 Å². The maximum absolute atomic E-state index is 4.89. The fourth-order valence-corrected chi connectivity index (χ4v) is 1.02. The third-order valence-corrected chi connectivity index (χ3v) is 1.77. The Balaban J connectivity index is 0.000000132. The summed E-state index contributed by atoms with van der Waals surface area (Å²) in [6.07, 6.45) is 6.20. The molecule has 0 saturated heterocycles. The van der Waals surface area contributed by atoms with E-state index >= 15 is 0 Å². The van der Waals surface area contributed by atoms with Crippen molar-refractivity contribution in [1.29, 1.82) is 0 Å². The Morgan fingerprint density at radius 1 is 1.15 bits per heavy atom. The first-order valence-corrected chi connectivity index (χ1v) is 4.68. The van der Waals surface area contributed by atoms with E-state index < -0.39 is 0 Å². The van der Waals surface area contributed by atoms with Gasteiger partial charge in [-0.3, -0.25) is 0 Å². The highest BCUT2D eigenvalue weighted by molar-refractivity contribution is 5.11. The number of rotatable bonds is 0. The fourth-order valence-electron chi connectivity index (χ4n) is 1.02. The molecule has 70 valence electrons. The molecule has 0 bridgehead atoms. The monoisotopic (exact) mass is 176 g/mol. The quantitative estimate of drug-likeness (QED) is 0.589. The number of allylic oxidation sites excluding steroid dienone is 1.